The van der Waals surface area contributed by atoms with E-state index in [1.165, 1.54) is 15.6 Å². The average Bonchev–Trinajstić information content (AvgIpc) is 3.30. The maximum atomic E-state index is 13.3. The van der Waals surface area contributed by atoms with Gasteiger partial charge < -0.3 is 29.4 Å². The third-order valence-electron chi connectivity index (χ3n) is 7.57. The fourth-order valence-electron chi connectivity index (χ4n) is 4.99. The molecule has 3 aromatic rings. The van der Waals surface area contributed by atoms with Crippen LogP contribution in [0.25, 0.3) is 5.65 Å². The van der Waals surface area contributed by atoms with E-state index in [1.807, 2.05) is 0 Å². The quantitative estimate of drug-likeness (QED) is 0.419. The first-order valence-corrected chi connectivity index (χ1v) is 13.7. The first-order valence-electron chi connectivity index (χ1n) is 13.7. The van der Waals surface area contributed by atoms with Gasteiger partial charge in [-0.1, -0.05) is 0 Å². The number of methoxy groups -OCH3 is 2. The molecule has 5 rings (SSSR count). The van der Waals surface area contributed by atoms with E-state index >= 15 is 0 Å². The van der Waals surface area contributed by atoms with Crippen molar-refractivity contribution < 1.29 is 23.8 Å². The van der Waals surface area contributed by atoms with Gasteiger partial charge in [-0.05, 0) is 58.6 Å². The van der Waals surface area contributed by atoms with Gasteiger partial charge >= 0.3 is 6.09 Å². The van der Waals surface area contributed by atoms with Crippen molar-refractivity contribution in [2.45, 2.75) is 76.3 Å². The molecule has 0 aliphatic heterocycles. The molecule has 13 heteroatoms. The topological polar surface area (TPSA) is 141 Å². The third kappa shape index (κ3) is 5.77. The molecule has 2 atom stereocenters. The number of amides is 2. The molecular weight excluding hydrogens is 530 g/mol. The van der Waals surface area contributed by atoms with Gasteiger partial charge in [-0.2, -0.15) is 0 Å². The third-order valence-corrected chi connectivity index (χ3v) is 7.57. The van der Waals surface area contributed by atoms with Crippen LogP contribution in [0.1, 0.15) is 63.0 Å². The van der Waals surface area contributed by atoms with Crippen molar-refractivity contribution in [1.82, 2.24) is 24.5 Å². The van der Waals surface area contributed by atoms with E-state index in [1.54, 1.807) is 71.0 Å². The molecule has 2 aliphatic carbocycles. The van der Waals surface area contributed by atoms with Crippen LogP contribution in [0.2, 0.25) is 0 Å². The smallest absolute Gasteiger partial charge is 0.414 e. The Hall–Kier alpha value is -3.97. The number of aromatic nitrogens is 4. The first kappa shape index (κ1) is 28.6. The number of rotatable bonds is 8. The van der Waals surface area contributed by atoms with E-state index in [9.17, 15) is 14.4 Å². The Morgan fingerprint density at radius 3 is 2.54 bits per heavy atom. The molecule has 2 saturated carbocycles. The molecule has 3 aromatic heterocycles. The van der Waals surface area contributed by atoms with Crippen molar-refractivity contribution in [1.29, 1.82) is 0 Å². The molecular formula is C28H37N7O6. The molecule has 13 nitrogen and oxygen atoms in total. The van der Waals surface area contributed by atoms with Gasteiger partial charge in [0.2, 0.25) is 0 Å². The van der Waals surface area contributed by atoms with Crippen molar-refractivity contribution in [3.05, 3.63) is 46.6 Å². The average molecular weight is 568 g/mol. The van der Waals surface area contributed by atoms with Crippen molar-refractivity contribution in [3.63, 3.8) is 0 Å². The monoisotopic (exact) mass is 567 g/mol. The summed E-state index contributed by atoms with van der Waals surface area (Å²) < 4.78 is 19.4. The van der Waals surface area contributed by atoms with Gasteiger partial charge in [0.1, 0.15) is 11.3 Å². The number of fused-ring (bicyclic) bond motifs is 1. The number of imidazole rings is 1. The summed E-state index contributed by atoms with van der Waals surface area (Å²) in [5.41, 5.74) is 0.151. The van der Waals surface area contributed by atoms with Crippen LogP contribution >= 0.6 is 0 Å². The molecule has 0 spiro atoms. The Balaban J connectivity index is 1.51. The highest BCUT2D eigenvalue weighted by atomic mass is 16.6. The Bertz CT molecular complexity index is 1500. The van der Waals surface area contributed by atoms with Gasteiger partial charge in [0.05, 0.1) is 30.1 Å². The molecule has 0 aromatic carbocycles. The van der Waals surface area contributed by atoms with Crippen molar-refractivity contribution in [2.24, 2.45) is 0 Å². The zero-order chi connectivity index (χ0) is 29.5. The maximum absolute atomic E-state index is 13.3. The van der Waals surface area contributed by atoms with E-state index in [0.717, 1.165) is 25.7 Å². The van der Waals surface area contributed by atoms with Crippen LogP contribution in [0.4, 0.5) is 22.0 Å². The molecule has 3 heterocycles. The van der Waals surface area contributed by atoms with Crippen LogP contribution in [0, 0.1) is 0 Å². The summed E-state index contributed by atoms with van der Waals surface area (Å²) in [5, 5.41) is 10.7. The van der Waals surface area contributed by atoms with Gasteiger partial charge in [-0.25, -0.2) is 14.3 Å². The molecule has 0 saturated heterocycles. The van der Waals surface area contributed by atoms with Crippen LogP contribution in [0.15, 0.2) is 35.4 Å². The Labute approximate surface area is 237 Å². The van der Waals surface area contributed by atoms with Gasteiger partial charge in [-0.3, -0.25) is 14.5 Å². The van der Waals surface area contributed by atoms with Crippen molar-refractivity contribution in [2.75, 3.05) is 31.5 Å². The van der Waals surface area contributed by atoms with E-state index in [-0.39, 0.29) is 52.9 Å². The van der Waals surface area contributed by atoms with Crippen LogP contribution < -0.4 is 21.1 Å². The summed E-state index contributed by atoms with van der Waals surface area (Å²) in [6, 6.07) is 4.98. The summed E-state index contributed by atoms with van der Waals surface area (Å²) in [6.07, 6.45) is 5.84. The van der Waals surface area contributed by atoms with Crippen LogP contribution in [-0.2, 0) is 14.2 Å². The number of pyridine rings is 1. The minimum Gasteiger partial charge on any atom is -0.443 e. The van der Waals surface area contributed by atoms with Crippen LogP contribution in [0.5, 0.6) is 0 Å². The predicted octanol–water partition coefficient (Wildman–Crippen LogP) is 3.26. The molecule has 41 heavy (non-hydrogen) atoms. The van der Waals surface area contributed by atoms with Gasteiger partial charge in [0.25, 0.3) is 11.5 Å². The van der Waals surface area contributed by atoms with E-state index in [0.29, 0.717) is 11.4 Å². The van der Waals surface area contributed by atoms with Gasteiger partial charge in [0.15, 0.2) is 17.2 Å². The van der Waals surface area contributed by atoms with Gasteiger partial charge in [0, 0.05) is 39.6 Å². The number of carbonyl (C=O) groups excluding carboxylic acids is 2. The predicted molar refractivity (Wildman–Crippen MR) is 152 cm³/mol. The molecule has 1 unspecified atom stereocenters. The highest BCUT2D eigenvalue weighted by molar-refractivity contribution is 5.96. The molecule has 2 amide bonds. The number of carbonyl (C=O) groups is 2. The fraction of sp³-hybridized carbons (Fsp3) is 0.536. The van der Waals surface area contributed by atoms with Gasteiger partial charge in [-0.15, -0.1) is 5.10 Å². The van der Waals surface area contributed by atoms with E-state index in [2.05, 4.69) is 20.7 Å². The SMILES string of the molecule is CO[C@H]1CCC1NC(=O)c1cnc2c(N(C)C(=O)OC(C)(C)C)cc(Nc3cccn([C@H]4C[C@H](OC)C4)c3=O)nn12. The minimum atomic E-state index is -0.727. The zero-order valence-electron chi connectivity index (χ0n) is 24.2. The highest BCUT2D eigenvalue weighted by Crippen LogP contribution is 2.33. The lowest BCUT2D eigenvalue weighted by atomic mass is 9.89. The number of hydrogen-bond donors (Lipinski definition) is 2. The number of nitrogens with zero attached hydrogens (tertiary/aromatic N) is 5. The van der Waals surface area contributed by atoms with Crippen molar-refractivity contribution in [3.8, 4) is 0 Å². The first-order chi connectivity index (χ1) is 19.5. The maximum Gasteiger partial charge on any atom is 0.414 e. The lowest BCUT2D eigenvalue weighted by Gasteiger charge is -2.35. The molecule has 0 radical (unpaired) electrons. The standard InChI is InChI=1S/C28H37N7O6/c1-28(2,3)41-27(38)33(4)20-14-23(30-19-8-7-11-34(26(19)37)16-12-17(13-16)39-5)32-35-21(15-29-24(20)35)25(36)31-18-9-10-22(18)40-6/h7-8,11,14-18,22H,9-10,12-13H2,1-6H3,(H,30,32)(H,31,36)/t16-,17-,18?,22-/m0/s1. The summed E-state index contributed by atoms with van der Waals surface area (Å²) in [7, 11) is 4.84. The lowest BCUT2D eigenvalue weighted by Crippen LogP contribution is -2.51. The normalized spacial score (nSPS) is 22.0. The number of hydrogen-bond acceptors (Lipinski definition) is 9. The second-order valence-corrected chi connectivity index (χ2v) is 11.5. The number of anilines is 3. The molecule has 220 valence electrons. The molecule has 0 bridgehead atoms. The summed E-state index contributed by atoms with van der Waals surface area (Å²) in [4.78, 5) is 45.3. The Morgan fingerprint density at radius 1 is 1.15 bits per heavy atom. The summed E-state index contributed by atoms with van der Waals surface area (Å²) in [5.74, 6) is -0.133. The number of ether oxygens (including phenoxy) is 3. The second-order valence-electron chi connectivity index (χ2n) is 11.5. The minimum absolute atomic E-state index is 0.0462. The second kappa shape index (κ2) is 11.1. The van der Waals surface area contributed by atoms with Crippen LogP contribution in [-0.4, -0.2) is 76.3 Å². The van der Waals surface area contributed by atoms with Crippen molar-refractivity contribution >= 4 is 34.8 Å². The lowest BCUT2D eigenvalue weighted by molar-refractivity contribution is 0.00522. The number of nitrogens with one attached hydrogen (secondary N) is 2. The highest BCUT2D eigenvalue weighted by Gasteiger charge is 2.34. The molecule has 2 N–H and O–H groups in total. The van der Waals surface area contributed by atoms with Crippen LogP contribution in [0.3, 0.4) is 0 Å². The summed E-state index contributed by atoms with van der Waals surface area (Å²) >= 11 is 0. The largest absolute Gasteiger partial charge is 0.443 e. The Kier molecular flexibility index (Phi) is 7.75. The fourth-order valence-corrected chi connectivity index (χ4v) is 4.99. The van der Waals surface area contributed by atoms with E-state index in [4.69, 9.17) is 14.2 Å². The molecule has 2 aliphatic rings. The molecule has 2 fully saturated rings. The van der Waals surface area contributed by atoms with E-state index < -0.39 is 11.7 Å². The Morgan fingerprint density at radius 2 is 1.90 bits per heavy atom. The zero-order valence-corrected chi connectivity index (χ0v) is 24.2. The summed E-state index contributed by atoms with van der Waals surface area (Å²) in [6.45, 7) is 5.32.